The first-order chi connectivity index (χ1) is 7.62. The Morgan fingerprint density at radius 3 is 2.35 bits per heavy atom. The molecule has 5 nitrogen and oxygen atoms in total. The van der Waals surface area contributed by atoms with Crippen LogP contribution in [0.2, 0.25) is 0 Å². The third-order valence-corrected chi connectivity index (χ3v) is 3.79. The maximum atomic E-state index is 12.0. The first-order valence-corrected chi connectivity index (χ1v) is 6.63. The summed E-state index contributed by atoms with van der Waals surface area (Å²) < 4.78 is 27.6. The van der Waals surface area contributed by atoms with Crippen molar-refractivity contribution in [2.24, 2.45) is 0 Å². The second kappa shape index (κ2) is 4.54. The maximum absolute atomic E-state index is 12.0. The van der Waals surface area contributed by atoms with Crippen LogP contribution in [0.5, 0.6) is 5.75 Å². The van der Waals surface area contributed by atoms with Gasteiger partial charge in [-0.25, -0.2) is 0 Å². The summed E-state index contributed by atoms with van der Waals surface area (Å²) in [6.07, 6.45) is 0. The fourth-order valence-corrected chi connectivity index (χ4v) is 2.58. The van der Waals surface area contributed by atoms with Crippen LogP contribution >= 0.6 is 0 Å². The van der Waals surface area contributed by atoms with Crippen LogP contribution in [0, 0.1) is 0 Å². The van der Waals surface area contributed by atoms with E-state index in [-0.39, 0.29) is 5.75 Å². The molecule has 0 unspecified atom stereocenters. The van der Waals surface area contributed by atoms with E-state index in [2.05, 4.69) is 4.72 Å². The number of aromatic hydroxyl groups is 1. The Balaban J connectivity index is 3.01. The van der Waals surface area contributed by atoms with E-state index < -0.39 is 15.7 Å². The molecule has 0 aromatic heterocycles. The number of nitrogens with one attached hydrogen (secondary N) is 1. The molecule has 0 saturated carbocycles. The van der Waals surface area contributed by atoms with Crippen LogP contribution in [-0.4, -0.2) is 26.1 Å². The number of phenols is 1. The third-order valence-electron chi connectivity index (χ3n) is 1.99. The minimum absolute atomic E-state index is 0.0281. The molecule has 6 heteroatoms. The van der Waals surface area contributed by atoms with Crippen molar-refractivity contribution in [1.82, 2.24) is 4.72 Å². The van der Waals surface area contributed by atoms with Crippen LogP contribution in [0.25, 0.3) is 0 Å². The molecule has 0 saturated heterocycles. The van der Waals surface area contributed by atoms with E-state index in [4.69, 9.17) is 0 Å². The molecule has 0 aliphatic rings. The van der Waals surface area contributed by atoms with Crippen molar-refractivity contribution in [3.8, 4) is 5.75 Å². The van der Waals surface area contributed by atoms with Gasteiger partial charge in [-0.05, 0) is 32.9 Å². The molecule has 0 heterocycles. The van der Waals surface area contributed by atoms with Gasteiger partial charge in [-0.15, -0.1) is 0 Å². The number of phenolic OH excluding ortho intramolecular Hbond substituents is 1. The molecular weight excluding hydrogens is 240 g/mol. The number of nitrogens with zero attached hydrogens (tertiary/aromatic N) is 1. The van der Waals surface area contributed by atoms with Gasteiger partial charge in [-0.2, -0.15) is 13.1 Å². The zero-order valence-corrected chi connectivity index (χ0v) is 11.2. The molecule has 0 aliphatic carbocycles. The van der Waals surface area contributed by atoms with E-state index in [9.17, 15) is 13.5 Å². The quantitative estimate of drug-likeness (QED) is 0.862. The highest BCUT2D eigenvalue weighted by atomic mass is 32.2. The molecule has 2 N–H and O–H groups in total. The summed E-state index contributed by atoms with van der Waals surface area (Å²) in [6, 6.07) is 6.08. The molecule has 1 rings (SSSR count). The Hall–Kier alpha value is -1.27. The van der Waals surface area contributed by atoms with Crippen LogP contribution in [0.1, 0.15) is 20.8 Å². The molecule has 0 amide bonds. The highest BCUT2D eigenvalue weighted by Gasteiger charge is 2.24. The monoisotopic (exact) mass is 258 g/mol. The number of hydrogen-bond donors (Lipinski definition) is 2. The predicted octanol–water partition coefficient (Wildman–Crippen LogP) is 1.46. The van der Waals surface area contributed by atoms with Crippen molar-refractivity contribution in [3.05, 3.63) is 24.3 Å². The lowest BCUT2D eigenvalue weighted by molar-refractivity contribution is 0.475. The smallest absolute Gasteiger partial charge is 0.301 e. The second-order valence-electron chi connectivity index (χ2n) is 4.84. The summed E-state index contributed by atoms with van der Waals surface area (Å²) in [6.45, 7) is 5.29. The zero-order chi connectivity index (χ0) is 13.3. The van der Waals surface area contributed by atoms with Crippen molar-refractivity contribution in [3.63, 3.8) is 0 Å². The van der Waals surface area contributed by atoms with Gasteiger partial charge in [0.2, 0.25) is 0 Å². The molecule has 1 aromatic carbocycles. The Morgan fingerprint density at radius 1 is 1.29 bits per heavy atom. The fraction of sp³-hybridized carbons (Fsp3) is 0.455. The first-order valence-electron chi connectivity index (χ1n) is 5.19. The molecule has 17 heavy (non-hydrogen) atoms. The number of rotatable bonds is 3. The molecule has 0 aliphatic heterocycles. The third kappa shape index (κ3) is 3.90. The molecule has 0 atom stereocenters. The van der Waals surface area contributed by atoms with E-state index >= 15 is 0 Å². The van der Waals surface area contributed by atoms with Crippen LogP contribution in [0.3, 0.4) is 0 Å². The molecule has 0 fully saturated rings. The van der Waals surface area contributed by atoms with Crippen molar-refractivity contribution in [2.75, 3.05) is 11.4 Å². The Bertz CT molecular complexity index is 492. The van der Waals surface area contributed by atoms with Crippen molar-refractivity contribution in [2.45, 2.75) is 26.3 Å². The number of hydrogen-bond acceptors (Lipinski definition) is 3. The van der Waals surface area contributed by atoms with Gasteiger partial charge in [0.1, 0.15) is 5.75 Å². The molecule has 96 valence electrons. The average molecular weight is 258 g/mol. The fourth-order valence-electron chi connectivity index (χ4n) is 1.28. The Labute approximate surface area is 102 Å². The average Bonchev–Trinajstić information content (AvgIpc) is 2.12. The molecule has 0 spiro atoms. The first kappa shape index (κ1) is 13.8. The highest BCUT2D eigenvalue weighted by molar-refractivity contribution is 7.90. The van der Waals surface area contributed by atoms with Crippen LogP contribution in [0.4, 0.5) is 5.69 Å². The summed E-state index contributed by atoms with van der Waals surface area (Å²) in [5.41, 5.74) is -0.147. The van der Waals surface area contributed by atoms with Gasteiger partial charge in [0.05, 0.1) is 5.69 Å². The van der Waals surface area contributed by atoms with E-state index in [1.807, 2.05) is 0 Å². The minimum atomic E-state index is -3.62. The van der Waals surface area contributed by atoms with Crippen LogP contribution < -0.4 is 9.03 Å². The summed E-state index contributed by atoms with van der Waals surface area (Å²) in [5.74, 6) is 0.0281. The largest absolute Gasteiger partial charge is 0.508 e. The topological polar surface area (TPSA) is 69.6 Å². The SMILES string of the molecule is CN(c1cccc(O)c1)S(=O)(=O)NC(C)(C)C. The van der Waals surface area contributed by atoms with E-state index in [1.165, 1.54) is 19.2 Å². The van der Waals surface area contributed by atoms with Crippen molar-refractivity contribution in [1.29, 1.82) is 0 Å². The molecule has 0 radical (unpaired) electrons. The summed E-state index contributed by atoms with van der Waals surface area (Å²) >= 11 is 0. The summed E-state index contributed by atoms with van der Waals surface area (Å²) in [7, 11) is -2.18. The predicted molar refractivity (Wildman–Crippen MR) is 68.3 cm³/mol. The van der Waals surface area contributed by atoms with E-state index in [1.54, 1.807) is 32.9 Å². The molecule has 0 bridgehead atoms. The van der Waals surface area contributed by atoms with Gasteiger partial charge in [0.25, 0.3) is 0 Å². The van der Waals surface area contributed by atoms with Gasteiger partial charge >= 0.3 is 10.2 Å². The number of benzene rings is 1. The Kier molecular flexibility index (Phi) is 3.68. The summed E-state index contributed by atoms with van der Waals surface area (Å²) in [5, 5.41) is 9.32. The Morgan fingerprint density at radius 2 is 1.88 bits per heavy atom. The van der Waals surface area contributed by atoms with Gasteiger partial charge in [-0.1, -0.05) is 6.07 Å². The van der Waals surface area contributed by atoms with Crippen LogP contribution in [-0.2, 0) is 10.2 Å². The normalized spacial score (nSPS) is 12.5. The molecule has 1 aromatic rings. The highest BCUT2D eigenvalue weighted by Crippen LogP contribution is 2.21. The van der Waals surface area contributed by atoms with Crippen molar-refractivity contribution < 1.29 is 13.5 Å². The van der Waals surface area contributed by atoms with Gasteiger partial charge in [0, 0.05) is 18.7 Å². The minimum Gasteiger partial charge on any atom is -0.508 e. The summed E-state index contributed by atoms with van der Waals surface area (Å²) in [4.78, 5) is 0. The standard InChI is InChI=1S/C11H18N2O3S/c1-11(2,3)12-17(15,16)13(4)9-6-5-7-10(14)8-9/h5-8,12,14H,1-4H3. The van der Waals surface area contributed by atoms with E-state index in [0.29, 0.717) is 5.69 Å². The molecular formula is C11H18N2O3S. The van der Waals surface area contributed by atoms with Gasteiger partial charge in [0.15, 0.2) is 0 Å². The maximum Gasteiger partial charge on any atom is 0.301 e. The van der Waals surface area contributed by atoms with Gasteiger partial charge < -0.3 is 5.11 Å². The van der Waals surface area contributed by atoms with Crippen molar-refractivity contribution >= 4 is 15.9 Å². The second-order valence-corrected chi connectivity index (χ2v) is 6.55. The lowest BCUT2D eigenvalue weighted by atomic mass is 10.1. The lowest BCUT2D eigenvalue weighted by Crippen LogP contribution is -2.47. The van der Waals surface area contributed by atoms with Gasteiger partial charge in [-0.3, -0.25) is 4.31 Å². The van der Waals surface area contributed by atoms with Crippen LogP contribution in [0.15, 0.2) is 24.3 Å². The zero-order valence-electron chi connectivity index (χ0n) is 10.4. The van der Waals surface area contributed by atoms with E-state index in [0.717, 1.165) is 4.31 Å². The lowest BCUT2D eigenvalue weighted by Gasteiger charge is -2.26. The number of anilines is 1.